The Balaban J connectivity index is 3.70. The van der Waals surface area contributed by atoms with Gasteiger partial charge < -0.3 is 5.11 Å². The molecule has 0 bridgehead atoms. The Morgan fingerprint density at radius 3 is 2.17 bits per heavy atom. The van der Waals surface area contributed by atoms with Crippen molar-refractivity contribution in [2.75, 3.05) is 0 Å². The van der Waals surface area contributed by atoms with Crippen LogP contribution >= 0.6 is 15.9 Å². The maximum atomic E-state index is 13.1. The van der Waals surface area contributed by atoms with Gasteiger partial charge in [0.25, 0.3) is 6.43 Å². The van der Waals surface area contributed by atoms with Gasteiger partial charge in [-0.1, -0.05) is 0 Å². The van der Waals surface area contributed by atoms with Crippen LogP contribution in [0.3, 0.4) is 0 Å². The Labute approximate surface area is 108 Å². The molecule has 1 rings (SSSR count). The topological polar surface area (TPSA) is 50.2 Å². The molecule has 0 unspecified atom stereocenters. The molecule has 0 amide bonds. The standard InChI is InChI=1S/C10H8BrF4NO2/c1-3-4(2)7(10(11,14)15)16-6(8(12)13)5(3)9(17)18/h8H,1-2H3,(H,17,18). The Morgan fingerprint density at radius 2 is 1.83 bits per heavy atom. The number of nitrogens with zero attached hydrogens (tertiary/aromatic N) is 1. The van der Waals surface area contributed by atoms with Crippen molar-refractivity contribution in [1.29, 1.82) is 0 Å². The van der Waals surface area contributed by atoms with Crippen LogP contribution in [0.2, 0.25) is 0 Å². The fraction of sp³-hybridized carbons (Fsp3) is 0.400. The summed E-state index contributed by atoms with van der Waals surface area (Å²) in [5, 5.41) is 8.84. The summed E-state index contributed by atoms with van der Waals surface area (Å²) in [4.78, 5) is 10.4. The first-order valence-electron chi connectivity index (χ1n) is 4.67. The quantitative estimate of drug-likeness (QED) is 0.678. The zero-order valence-corrected chi connectivity index (χ0v) is 10.9. The summed E-state index contributed by atoms with van der Waals surface area (Å²) in [5.41, 5.74) is -3.08. The highest BCUT2D eigenvalue weighted by molar-refractivity contribution is 9.09. The minimum Gasteiger partial charge on any atom is -0.478 e. The van der Waals surface area contributed by atoms with Crippen molar-refractivity contribution in [3.8, 4) is 0 Å². The summed E-state index contributed by atoms with van der Waals surface area (Å²) in [6.45, 7) is 2.39. The highest BCUT2D eigenvalue weighted by Crippen LogP contribution is 2.38. The summed E-state index contributed by atoms with van der Waals surface area (Å²) in [5.74, 6) is -1.62. The van der Waals surface area contributed by atoms with E-state index < -0.39 is 34.2 Å². The molecular formula is C10H8BrF4NO2. The summed E-state index contributed by atoms with van der Waals surface area (Å²) < 4.78 is 51.6. The normalized spacial score (nSPS) is 12.0. The van der Waals surface area contributed by atoms with Crippen LogP contribution in [0.5, 0.6) is 0 Å². The van der Waals surface area contributed by atoms with E-state index in [0.29, 0.717) is 0 Å². The molecular weight excluding hydrogens is 322 g/mol. The van der Waals surface area contributed by atoms with E-state index in [0.717, 1.165) is 0 Å². The van der Waals surface area contributed by atoms with Crippen molar-refractivity contribution in [3.05, 3.63) is 28.1 Å². The molecule has 1 heterocycles. The molecule has 0 aliphatic heterocycles. The van der Waals surface area contributed by atoms with Crippen LogP contribution in [0.1, 0.15) is 39.3 Å². The van der Waals surface area contributed by atoms with Crippen molar-refractivity contribution in [3.63, 3.8) is 0 Å². The van der Waals surface area contributed by atoms with Crippen molar-refractivity contribution in [1.82, 2.24) is 4.98 Å². The van der Waals surface area contributed by atoms with Crippen LogP contribution < -0.4 is 0 Å². The van der Waals surface area contributed by atoms with Gasteiger partial charge in [0, 0.05) is 0 Å². The molecule has 1 N–H and O–H groups in total. The Morgan fingerprint density at radius 1 is 1.33 bits per heavy atom. The van der Waals surface area contributed by atoms with E-state index in [4.69, 9.17) is 5.11 Å². The maximum Gasteiger partial charge on any atom is 0.343 e. The van der Waals surface area contributed by atoms with E-state index in [1.54, 1.807) is 0 Å². The molecule has 100 valence electrons. The second kappa shape index (κ2) is 4.83. The number of carboxylic acids is 1. The first-order valence-corrected chi connectivity index (χ1v) is 5.46. The highest BCUT2D eigenvalue weighted by atomic mass is 79.9. The third-order valence-corrected chi connectivity index (χ3v) is 2.85. The smallest absolute Gasteiger partial charge is 0.343 e. The number of alkyl halides is 5. The van der Waals surface area contributed by atoms with Crippen molar-refractivity contribution in [2.24, 2.45) is 0 Å². The van der Waals surface area contributed by atoms with Gasteiger partial charge in [0.1, 0.15) is 11.4 Å². The van der Waals surface area contributed by atoms with Gasteiger partial charge in [0.05, 0.1) is 5.56 Å². The number of rotatable bonds is 3. The fourth-order valence-corrected chi connectivity index (χ4v) is 1.91. The van der Waals surface area contributed by atoms with E-state index >= 15 is 0 Å². The monoisotopic (exact) mass is 329 g/mol. The van der Waals surface area contributed by atoms with E-state index in [1.165, 1.54) is 13.8 Å². The lowest BCUT2D eigenvalue weighted by Gasteiger charge is -2.17. The summed E-state index contributed by atoms with van der Waals surface area (Å²) in [6, 6.07) is 0. The first kappa shape index (κ1) is 14.9. The molecule has 18 heavy (non-hydrogen) atoms. The van der Waals surface area contributed by atoms with E-state index in [1.807, 2.05) is 15.9 Å². The predicted octanol–water partition coefficient (Wildman–Crippen LogP) is 3.78. The molecule has 0 atom stereocenters. The van der Waals surface area contributed by atoms with E-state index in [2.05, 4.69) is 4.98 Å². The number of halogens is 5. The number of carbonyl (C=O) groups is 1. The van der Waals surface area contributed by atoms with E-state index in [-0.39, 0.29) is 11.1 Å². The Bertz CT molecular complexity index is 500. The van der Waals surface area contributed by atoms with Gasteiger partial charge >= 0.3 is 10.8 Å². The lowest BCUT2D eigenvalue weighted by Crippen LogP contribution is -2.17. The molecule has 0 saturated heterocycles. The number of hydrogen-bond acceptors (Lipinski definition) is 2. The van der Waals surface area contributed by atoms with Gasteiger partial charge in [-0.15, -0.1) is 0 Å². The van der Waals surface area contributed by atoms with Gasteiger partial charge in [-0.3, -0.25) is 0 Å². The maximum absolute atomic E-state index is 13.1. The summed E-state index contributed by atoms with van der Waals surface area (Å²) in [6.07, 6.45) is -3.25. The van der Waals surface area contributed by atoms with Crippen LogP contribution in [0.15, 0.2) is 0 Å². The van der Waals surface area contributed by atoms with Crippen LogP contribution in [-0.2, 0) is 4.83 Å². The van der Waals surface area contributed by atoms with Crippen LogP contribution in [0.25, 0.3) is 0 Å². The molecule has 3 nitrogen and oxygen atoms in total. The third-order valence-electron chi connectivity index (χ3n) is 2.47. The Hall–Kier alpha value is -1.18. The molecule has 0 aliphatic carbocycles. The van der Waals surface area contributed by atoms with Gasteiger partial charge in [-0.2, -0.15) is 8.78 Å². The molecule has 0 aliphatic rings. The molecule has 1 aromatic heterocycles. The number of aromatic nitrogens is 1. The number of pyridine rings is 1. The third kappa shape index (κ3) is 2.63. The van der Waals surface area contributed by atoms with Gasteiger partial charge in [-0.25, -0.2) is 18.6 Å². The number of hydrogen-bond donors (Lipinski definition) is 1. The minimum absolute atomic E-state index is 0.140. The fourth-order valence-electron chi connectivity index (χ4n) is 1.52. The second-order valence-electron chi connectivity index (χ2n) is 3.57. The van der Waals surface area contributed by atoms with Crippen LogP contribution in [0.4, 0.5) is 17.6 Å². The zero-order chi connectivity index (χ0) is 14.2. The molecule has 1 aromatic rings. The average molecular weight is 330 g/mol. The van der Waals surface area contributed by atoms with Gasteiger partial charge in [-0.05, 0) is 40.9 Å². The lowest BCUT2D eigenvalue weighted by molar-refractivity contribution is 0.0676. The van der Waals surface area contributed by atoms with Gasteiger partial charge in [0.2, 0.25) is 0 Å². The molecule has 0 fully saturated rings. The number of aromatic carboxylic acids is 1. The molecule has 0 radical (unpaired) electrons. The second-order valence-corrected chi connectivity index (χ2v) is 4.57. The molecule has 8 heteroatoms. The van der Waals surface area contributed by atoms with Crippen molar-refractivity contribution < 1.29 is 27.5 Å². The molecule has 0 aromatic carbocycles. The predicted molar refractivity (Wildman–Crippen MR) is 58.4 cm³/mol. The summed E-state index contributed by atoms with van der Waals surface area (Å²) in [7, 11) is 0. The minimum atomic E-state index is -3.59. The van der Waals surface area contributed by atoms with Crippen LogP contribution in [0, 0.1) is 13.8 Å². The average Bonchev–Trinajstić information content (AvgIpc) is 2.18. The van der Waals surface area contributed by atoms with E-state index in [9.17, 15) is 22.4 Å². The zero-order valence-electron chi connectivity index (χ0n) is 9.27. The summed E-state index contributed by atoms with van der Waals surface area (Å²) >= 11 is 2.03. The lowest BCUT2D eigenvalue weighted by atomic mass is 10.0. The largest absolute Gasteiger partial charge is 0.478 e. The van der Waals surface area contributed by atoms with Crippen molar-refractivity contribution >= 4 is 21.9 Å². The first-order chi connectivity index (χ1) is 8.07. The van der Waals surface area contributed by atoms with Crippen molar-refractivity contribution in [2.45, 2.75) is 25.1 Å². The highest BCUT2D eigenvalue weighted by Gasteiger charge is 2.35. The molecule has 0 spiro atoms. The Kier molecular flexibility index (Phi) is 3.99. The van der Waals surface area contributed by atoms with Gasteiger partial charge in [0.15, 0.2) is 0 Å². The number of carboxylic acid groups (broad SMARTS) is 1. The molecule has 0 saturated carbocycles. The van der Waals surface area contributed by atoms with Crippen LogP contribution in [-0.4, -0.2) is 16.1 Å². The SMILES string of the molecule is Cc1c(C(F)(F)Br)nc(C(F)F)c(C(=O)O)c1C.